The van der Waals surface area contributed by atoms with Crippen molar-refractivity contribution in [3.63, 3.8) is 0 Å². The number of aromatic nitrogens is 4. The summed E-state index contributed by atoms with van der Waals surface area (Å²) in [5.41, 5.74) is -1.26. The van der Waals surface area contributed by atoms with Crippen LogP contribution in [0.5, 0.6) is 0 Å². The molecule has 0 aliphatic heterocycles. The molecule has 4 rings (SSSR count). The molecule has 1 aromatic carbocycles. The summed E-state index contributed by atoms with van der Waals surface area (Å²) in [6.45, 7) is 5.25. The predicted octanol–water partition coefficient (Wildman–Crippen LogP) is 3.10. The molecule has 1 amide bonds. The van der Waals surface area contributed by atoms with Gasteiger partial charge < -0.3 is 10.1 Å². The minimum atomic E-state index is -0.711. The minimum absolute atomic E-state index is 0.0389. The lowest BCUT2D eigenvalue weighted by molar-refractivity contribution is 0.0493. The number of carbonyl (C=O) groups excluding carboxylic acids is 1. The van der Waals surface area contributed by atoms with Crippen molar-refractivity contribution < 1.29 is 13.9 Å². The number of halogens is 1. The summed E-state index contributed by atoms with van der Waals surface area (Å²) in [6.07, 6.45) is 2.47. The van der Waals surface area contributed by atoms with E-state index in [9.17, 15) is 19.2 Å². The van der Waals surface area contributed by atoms with Crippen molar-refractivity contribution in [1.82, 2.24) is 25.1 Å². The number of amides is 1. The zero-order valence-corrected chi connectivity index (χ0v) is 17.3. The number of nitrogens with zero attached hydrogens (tertiary/aromatic N) is 4. The van der Waals surface area contributed by atoms with Crippen LogP contribution in [0.4, 0.5) is 9.18 Å². The van der Waals surface area contributed by atoms with E-state index >= 15 is 0 Å². The SMILES string of the molecule is CC(C)(C)OC(=O)N[C@H](c1nc2c(C#N)cc(F)cc2c(=O)n1-c1ccn[nH]1)C1CC1. The largest absolute Gasteiger partial charge is 0.444 e. The Morgan fingerprint density at radius 2 is 2.16 bits per heavy atom. The summed E-state index contributed by atoms with van der Waals surface area (Å²) in [6, 6.07) is 4.90. The van der Waals surface area contributed by atoms with E-state index < -0.39 is 29.1 Å². The molecule has 1 fully saturated rings. The molecule has 3 aromatic rings. The fraction of sp³-hybridized carbons (Fsp3) is 0.381. The van der Waals surface area contributed by atoms with Crippen molar-refractivity contribution in [1.29, 1.82) is 5.26 Å². The molecular weight excluding hydrogens is 403 g/mol. The summed E-state index contributed by atoms with van der Waals surface area (Å²) < 4.78 is 20.7. The van der Waals surface area contributed by atoms with Gasteiger partial charge in [-0.2, -0.15) is 10.4 Å². The van der Waals surface area contributed by atoms with Crippen molar-refractivity contribution in [3.8, 4) is 11.9 Å². The third-order valence-corrected chi connectivity index (χ3v) is 4.85. The lowest BCUT2D eigenvalue weighted by atomic mass is 10.1. The Balaban J connectivity index is 1.93. The number of hydrogen-bond donors (Lipinski definition) is 2. The average molecular weight is 424 g/mol. The van der Waals surface area contributed by atoms with Crippen molar-refractivity contribution in [2.45, 2.75) is 45.3 Å². The zero-order chi connectivity index (χ0) is 22.3. The van der Waals surface area contributed by atoms with E-state index in [1.807, 2.05) is 6.07 Å². The van der Waals surface area contributed by atoms with E-state index in [0.29, 0.717) is 5.82 Å². The van der Waals surface area contributed by atoms with Crippen LogP contribution in [-0.2, 0) is 4.74 Å². The van der Waals surface area contributed by atoms with Gasteiger partial charge in [-0.3, -0.25) is 9.89 Å². The van der Waals surface area contributed by atoms with Gasteiger partial charge in [0.25, 0.3) is 5.56 Å². The molecule has 1 atom stereocenters. The van der Waals surface area contributed by atoms with Gasteiger partial charge in [-0.1, -0.05) is 0 Å². The highest BCUT2D eigenvalue weighted by Gasteiger charge is 2.38. The normalized spacial score (nSPS) is 14.8. The Morgan fingerprint density at radius 3 is 2.74 bits per heavy atom. The molecule has 2 aromatic heterocycles. The van der Waals surface area contributed by atoms with Gasteiger partial charge in [0, 0.05) is 6.07 Å². The average Bonchev–Trinajstić information content (AvgIpc) is 3.39. The van der Waals surface area contributed by atoms with E-state index in [-0.39, 0.29) is 28.2 Å². The van der Waals surface area contributed by atoms with Gasteiger partial charge in [-0.25, -0.2) is 18.7 Å². The highest BCUT2D eigenvalue weighted by atomic mass is 19.1. The molecule has 10 heteroatoms. The quantitative estimate of drug-likeness (QED) is 0.663. The van der Waals surface area contributed by atoms with Gasteiger partial charge in [-0.15, -0.1) is 0 Å². The predicted molar refractivity (Wildman–Crippen MR) is 109 cm³/mol. The standard InChI is InChI=1S/C21H21FN6O3/c1-21(2,3)31-20(30)26-17(11-4-5-11)18-25-16-12(10-23)8-13(22)9-14(16)19(29)28(18)15-6-7-24-27-15/h6-9,11,17H,4-5H2,1-3H3,(H,24,27)(H,26,30)/t17-/m0/s1. The van der Waals surface area contributed by atoms with Crippen LogP contribution in [0.2, 0.25) is 0 Å². The summed E-state index contributed by atoms with van der Waals surface area (Å²) >= 11 is 0. The first-order valence-corrected chi connectivity index (χ1v) is 9.83. The highest BCUT2D eigenvalue weighted by molar-refractivity contribution is 5.84. The van der Waals surface area contributed by atoms with E-state index in [0.717, 1.165) is 25.0 Å². The van der Waals surface area contributed by atoms with Crippen molar-refractivity contribution >= 4 is 17.0 Å². The second-order valence-corrected chi connectivity index (χ2v) is 8.48. The molecule has 2 heterocycles. The number of hydrogen-bond acceptors (Lipinski definition) is 6. The first kappa shape index (κ1) is 20.5. The maximum absolute atomic E-state index is 14.0. The van der Waals surface area contributed by atoms with Crippen LogP contribution in [-0.4, -0.2) is 31.4 Å². The second-order valence-electron chi connectivity index (χ2n) is 8.48. The molecule has 2 N–H and O–H groups in total. The lowest BCUT2D eigenvalue weighted by Crippen LogP contribution is -2.39. The first-order valence-electron chi connectivity index (χ1n) is 9.83. The van der Waals surface area contributed by atoms with Gasteiger partial charge in [0.1, 0.15) is 29.1 Å². The number of alkyl carbamates (subject to hydrolysis) is 1. The molecule has 31 heavy (non-hydrogen) atoms. The molecule has 1 aliphatic carbocycles. The third-order valence-electron chi connectivity index (χ3n) is 4.85. The number of H-pyrrole nitrogens is 1. The number of benzene rings is 1. The summed E-state index contributed by atoms with van der Waals surface area (Å²) in [5, 5.41) is 18.8. The second kappa shape index (κ2) is 7.50. The van der Waals surface area contributed by atoms with Crippen LogP contribution in [0.1, 0.15) is 51.0 Å². The topological polar surface area (TPSA) is 126 Å². The molecule has 0 saturated heterocycles. The number of nitriles is 1. The van der Waals surface area contributed by atoms with Crippen LogP contribution < -0.4 is 10.9 Å². The first-order chi connectivity index (χ1) is 14.7. The number of ether oxygens (including phenoxy) is 1. The third kappa shape index (κ3) is 4.12. The van der Waals surface area contributed by atoms with Gasteiger partial charge in [0.2, 0.25) is 0 Å². The fourth-order valence-electron chi connectivity index (χ4n) is 3.43. The van der Waals surface area contributed by atoms with Crippen LogP contribution in [0.25, 0.3) is 16.7 Å². The number of carbonyl (C=O) groups is 1. The molecule has 9 nitrogen and oxygen atoms in total. The Kier molecular flexibility index (Phi) is 4.97. The number of nitrogens with one attached hydrogen (secondary N) is 2. The Morgan fingerprint density at radius 1 is 1.42 bits per heavy atom. The van der Waals surface area contributed by atoms with Crippen molar-refractivity contribution in [2.24, 2.45) is 5.92 Å². The molecule has 1 aliphatic rings. The van der Waals surface area contributed by atoms with Crippen LogP contribution in [0.3, 0.4) is 0 Å². The summed E-state index contributed by atoms with van der Waals surface area (Å²) in [5.74, 6) is -0.137. The fourth-order valence-corrected chi connectivity index (χ4v) is 3.43. The summed E-state index contributed by atoms with van der Waals surface area (Å²) in [4.78, 5) is 30.5. The van der Waals surface area contributed by atoms with Crippen LogP contribution in [0, 0.1) is 23.1 Å². The number of aromatic amines is 1. The van der Waals surface area contributed by atoms with Crippen LogP contribution >= 0.6 is 0 Å². The summed E-state index contributed by atoms with van der Waals surface area (Å²) in [7, 11) is 0. The van der Waals surface area contributed by atoms with E-state index in [1.54, 1.807) is 26.8 Å². The molecule has 0 bridgehead atoms. The van der Waals surface area contributed by atoms with Gasteiger partial charge in [0.05, 0.1) is 28.7 Å². The maximum Gasteiger partial charge on any atom is 0.408 e. The van der Waals surface area contributed by atoms with Crippen LogP contribution in [0.15, 0.2) is 29.2 Å². The van der Waals surface area contributed by atoms with Crippen molar-refractivity contribution in [3.05, 3.63) is 52.0 Å². The number of fused-ring (bicyclic) bond motifs is 1. The monoisotopic (exact) mass is 424 g/mol. The molecule has 1 saturated carbocycles. The molecular formula is C21H21FN6O3. The van der Waals surface area contributed by atoms with E-state index in [1.165, 1.54) is 10.8 Å². The zero-order valence-electron chi connectivity index (χ0n) is 17.3. The minimum Gasteiger partial charge on any atom is -0.444 e. The Hall–Kier alpha value is -3.74. The maximum atomic E-state index is 14.0. The van der Waals surface area contributed by atoms with E-state index in [2.05, 4.69) is 20.5 Å². The molecule has 0 radical (unpaired) electrons. The Bertz CT molecular complexity index is 1250. The van der Waals surface area contributed by atoms with Gasteiger partial charge in [0.15, 0.2) is 0 Å². The lowest BCUT2D eigenvalue weighted by Gasteiger charge is -2.25. The Labute approximate surface area is 176 Å². The smallest absolute Gasteiger partial charge is 0.408 e. The molecule has 0 spiro atoms. The van der Waals surface area contributed by atoms with Crippen molar-refractivity contribution in [2.75, 3.05) is 0 Å². The van der Waals surface area contributed by atoms with E-state index in [4.69, 9.17) is 4.74 Å². The molecule has 0 unspecified atom stereocenters. The van der Waals surface area contributed by atoms with Gasteiger partial charge in [-0.05, 0) is 51.7 Å². The highest BCUT2D eigenvalue weighted by Crippen LogP contribution is 2.41. The van der Waals surface area contributed by atoms with Gasteiger partial charge >= 0.3 is 6.09 Å². The number of rotatable bonds is 4. The molecule has 160 valence electrons.